The van der Waals surface area contributed by atoms with Crippen LogP contribution in [0.5, 0.6) is 0 Å². The van der Waals surface area contributed by atoms with Crippen LogP contribution in [0, 0.1) is 20.2 Å². The quantitative estimate of drug-likeness (QED) is 0.0372. The Morgan fingerprint density at radius 3 is 1.88 bits per heavy atom. The van der Waals surface area contributed by atoms with Crippen LogP contribution in [0.25, 0.3) is 0 Å². The molecule has 3 aliphatic rings. The molecule has 0 radical (unpaired) electrons. The highest BCUT2D eigenvalue weighted by Crippen LogP contribution is 2.33. The Bertz CT molecular complexity index is 2300. The number of hydrogen-bond acceptors (Lipinski definition) is 23. The predicted octanol–water partition coefficient (Wildman–Crippen LogP) is -0.682. The standard InChI is InChI=1S/C47H68N8O21/c1-46(2,3)76-43(62)50-17-16-34(58)40(61)51-32-18-33(53-45(64)71-23-26-8-12-28(13-9-26)55(68)69)38(35(59)37(32)75-42-36(60)39(48-5)47(4,65)24-72-42)74-41-31(15-14-30(73-41)20-49-19-29(57)21-56)52-44(63)70-22-25-6-10-27(11-7-25)54(66)67/h6-14,29,31-39,41-42,48-49,56-60,65H,15-24H2,1-5H3,(H,50,62)(H,51,61)(H,52,63)(H,53,64)/t29?,31-,32-,33+,34+,35-,36-,37+,38-,39-,41-,42-,47+/m1/s1. The zero-order valence-electron chi connectivity index (χ0n) is 42.4. The van der Waals surface area contributed by atoms with Crippen LogP contribution < -0.4 is 31.9 Å². The summed E-state index contributed by atoms with van der Waals surface area (Å²) in [4.78, 5) is 74.3. The van der Waals surface area contributed by atoms with Gasteiger partial charge in [0.15, 0.2) is 6.29 Å². The molecule has 12 N–H and O–H groups in total. The number of aliphatic hydroxyl groups excluding tert-OH is 5. The van der Waals surface area contributed by atoms with Crippen molar-refractivity contribution < 1.29 is 92.8 Å². The lowest BCUT2D eigenvalue weighted by Gasteiger charge is -2.49. The van der Waals surface area contributed by atoms with Crippen molar-refractivity contribution in [2.75, 3.05) is 39.9 Å². The van der Waals surface area contributed by atoms with Crippen molar-refractivity contribution in [1.29, 1.82) is 0 Å². The number of benzene rings is 2. The number of carbonyl (C=O) groups is 4. The summed E-state index contributed by atoms with van der Waals surface area (Å²) in [6.07, 6.45) is -15.1. The van der Waals surface area contributed by atoms with Gasteiger partial charge in [-0.25, -0.2) is 14.4 Å². The minimum absolute atomic E-state index is 0.0260. The van der Waals surface area contributed by atoms with Gasteiger partial charge in [-0.3, -0.25) is 25.0 Å². The second-order valence-corrected chi connectivity index (χ2v) is 19.4. The Morgan fingerprint density at radius 1 is 0.816 bits per heavy atom. The summed E-state index contributed by atoms with van der Waals surface area (Å²) < 4.78 is 40.9. The Morgan fingerprint density at radius 2 is 1.36 bits per heavy atom. The van der Waals surface area contributed by atoms with Crippen LogP contribution in [0.15, 0.2) is 60.4 Å². The molecule has 1 saturated carbocycles. The van der Waals surface area contributed by atoms with Gasteiger partial charge in [-0.1, -0.05) is 0 Å². The van der Waals surface area contributed by atoms with Crippen molar-refractivity contribution in [2.45, 2.75) is 145 Å². The molecule has 29 heteroatoms. The topological polar surface area (TPSA) is 413 Å². The maximum Gasteiger partial charge on any atom is 0.407 e. The number of rotatable bonds is 23. The number of nitrogens with zero attached hydrogens (tertiary/aromatic N) is 2. The minimum Gasteiger partial charge on any atom is -0.466 e. The van der Waals surface area contributed by atoms with Gasteiger partial charge in [0.25, 0.3) is 11.4 Å². The lowest BCUT2D eigenvalue weighted by Crippen LogP contribution is -2.70. The van der Waals surface area contributed by atoms with E-state index in [1.165, 1.54) is 62.5 Å². The molecule has 1 unspecified atom stereocenters. The zero-order valence-corrected chi connectivity index (χ0v) is 42.4. The fourth-order valence-corrected chi connectivity index (χ4v) is 8.30. The van der Waals surface area contributed by atoms with Crippen LogP contribution >= 0.6 is 0 Å². The van der Waals surface area contributed by atoms with E-state index in [9.17, 15) is 70.0 Å². The maximum absolute atomic E-state index is 13.8. The number of nitro groups is 2. The molecule has 2 aliphatic heterocycles. The third kappa shape index (κ3) is 17.9. The van der Waals surface area contributed by atoms with Crippen LogP contribution in [0.3, 0.4) is 0 Å². The second kappa shape index (κ2) is 27.6. The van der Waals surface area contributed by atoms with Crippen molar-refractivity contribution in [3.8, 4) is 0 Å². The van der Waals surface area contributed by atoms with E-state index in [-0.39, 0.29) is 56.2 Å². The summed E-state index contributed by atoms with van der Waals surface area (Å²) >= 11 is 0. The zero-order chi connectivity index (χ0) is 55.9. The maximum atomic E-state index is 13.8. The van der Waals surface area contributed by atoms with Gasteiger partial charge in [0, 0.05) is 37.4 Å². The molecule has 4 amide bonds. The van der Waals surface area contributed by atoms with E-state index in [2.05, 4.69) is 31.9 Å². The number of amides is 4. The summed E-state index contributed by atoms with van der Waals surface area (Å²) in [6.45, 7) is 4.31. The molecule has 2 fully saturated rings. The Kier molecular flexibility index (Phi) is 22.0. The molecule has 422 valence electrons. The van der Waals surface area contributed by atoms with E-state index in [1.807, 2.05) is 0 Å². The third-order valence-corrected chi connectivity index (χ3v) is 12.1. The monoisotopic (exact) mass is 1080 g/mol. The van der Waals surface area contributed by atoms with Gasteiger partial charge >= 0.3 is 18.3 Å². The van der Waals surface area contributed by atoms with Crippen molar-refractivity contribution in [1.82, 2.24) is 31.9 Å². The fraction of sp³-hybridized carbons (Fsp3) is 0.617. The van der Waals surface area contributed by atoms with Crippen molar-refractivity contribution >= 4 is 35.6 Å². The lowest BCUT2D eigenvalue weighted by molar-refractivity contribution is -0.385. The lowest BCUT2D eigenvalue weighted by atomic mass is 9.82. The molecule has 0 bridgehead atoms. The predicted molar refractivity (Wildman–Crippen MR) is 260 cm³/mol. The highest BCUT2D eigenvalue weighted by Gasteiger charge is 2.53. The molecule has 13 atom stereocenters. The van der Waals surface area contributed by atoms with Crippen molar-refractivity contribution in [3.05, 3.63) is 91.7 Å². The third-order valence-electron chi connectivity index (χ3n) is 12.1. The number of nitro benzene ring substituents is 2. The van der Waals surface area contributed by atoms with Crippen molar-refractivity contribution in [3.63, 3.8) is 0 Å². The fourth-order valence-electron chi connectivity index (χ4n) is 8.30. The normalized spacial score (nSPS) is 27.3. The highest BCUT2D eigenvalue weighted by atomic mass is 16.7. The number of likely N-dealkylation sites (N-methyl/N-ethyl adjacent to an activating group) is 1. The number of carbonyl (C=O) groups excluding carboxylic acids is 4. The number of hydrogen-bond donors (Lipinski definition) is 12. The number of ether oxygens (including phenoxy) is 7. The Hall–Kier alpha value is -6.38. The van der Waals surface area contributed by atoms with Crippen molar-refractivity contribution in [2.24, 2.45) is 0 Å². The van der Waals surface area contributed by atoms with Crippen LogP contribution in [-0.4, -0.2) is 189 Å². The van der Waals surface area contributed by atoms with Gasteiger partial charge in [0.05, 0.1) is 59.9 Å². The number of non-ortho nitro benzene ring substituents is 2. The molecular weight excluding hydrogens is 1010 g/mol. The molecule has 29 nitrogen and oxygen atoms in total. The second-order valence-electron chi connectivity index (χ2n) is 19.4. The molecule has 2 heterocycles. The van der Waals surface area contributed by atoms with Gasteiger partial charge in [0.2, 0.25) is 12.2 Å². The highest BCUT2D eigenvalue weighted by molar-refractivity contribution is 5.81. The first-order chi connectivity index (χ1) is 35.9. The average molecular weight is 1080 g/mol. The Balaban J connectivity index is 1.47. The first-order valence-corrected chi connectivity index (χ1v) is 24.2. The van der Waals surface area contributed by atoms with Gasteiger partial charge in [-0.15, -0.1) is 0 Å². The molecule has 5 rings (SSSR count). The summed E-state index contributed by atoms with van der Waals surface area (Å²) in [5.41, 5.74) is -2.12. The minimum atomic E-state index is -1.97. The van der Waals surface area contributed by atoms with E-state index < -0.39 is 145 Å². The van der Waals surface area contributed by atoms with Gasteiger partial charge in [-0.2, -0.15) is 0 Å². The number of alkyl carbamates (subject to hydrolysis) is 3. The van der Waals surface area contributed by atoms with E-state index >= 15 is 0 Å². The summed E-state index contributed by atoms with van der Waals surface area (Å²) in [5, 5.41) is 104. The summed E-state index contributed by atoms with van der Waals surface area (Å²) in [6, 6.07) is 5.37. The molecule has 76 heavy (non-hydrogen) atoms. The van der Waals surface area contributed by atoms with E-state index in [0.29, 0.717) is 11.1 Å². The summed E-state index contributed by atoms with van der Waals surface area (Å²) in [7, 11) is 1.47. The first kappa shape index (κ1) is 60.5. The largest absolute Gasteiger partial charge is 0.466 e. The van der Waals surface area contributed by atoms with Gasteiger partial charge in [0.1, 0.15) is 60.7 Å². The molecular formula is C47H68N8O21. The van der Waals surface area contributed by atoms with Crippen LogP contribution in [0.4, 0.5) is 25.8 Å². The molecule has 1 saturated heterocycles. The molecule has 2 aromatic rings. The van der Waals surface area contributed by atoms with E-state index in [0.717, 1.165) is 0 Å². The van der Waals surface area contributed by atoms with Crippen LogP contribution in [-0.2, 0) is 51.2 Å². The van der Waals surface area contributed by atoms with E-state index in [1.54, 1.807) is 26.8 Å². The average Bonchev–Trinajstić information content (AvgIpc) is 3.36. The van der Waals surface area contributed by atoms with Gasteiger partial charge < -0.3 is 95.7 Å². The van der Waals surface area contributed by atoms with Crippen LogP contribution in [0.2, 0.25) is 0 Å². The molecule has 0 aromatic heterocycles. The molecule has 0 spiro atoms. The van der Waals surface area contributed by atoms with E-state index in [4.69, 9.17) is 33.2 Å². The SMILES string of the molecule is CN[C@@H]1[C@@H](O)[C@@H](O[C@@H]2[C@@H](O)[C@H](O[C@H]3OC(CNCC(O)CO)=CC[C@H]3NC(=O)OCc3ccc([N+](=O)[O-])cc3)[C@@H](NC(=O)OCc3ccc([N+](=O)[O-])cc3)C[C@H]2NC(=O)[C@@H](O)CCNC(=O)OC(C)(C)C)OC[C@]1(C)O. The number of aliphatic hydroxyl groups is 6. The van der Waals surface area contributed by atoms with Gasteiger partial charge in [-0.05, 0) is 95.5 Å². The van der Waals surface area contributed by atoms with Crippen LogP contribution in [0.1, 0.15) is 58.1 Å². The smallest absolute Gasteiger partial charge is 0.407 e. The summed E-state index contributed by atoms with van der Waals surface area (Å²) in [5.74, 6) is -0.834. The molecule has 1 aliphatic carbocycles. The Labute approximate surface area is 435 Å². The molecule has 2 aromatic carbocycles. The number of nitrogens with one attached hydrogen (secondary N) is 6. The first-order valence-electron chi connectivity index (χ1n) is 24.2.